The monoisotopic (exact) mass is 278 g/mol. The van der Waals surface area contributed by atoms with Gasteiger partial charge in [0.2, 0.25) is 0 Å². The summed E-state index contributed by atoms with van der Waals surface area (Å²) in [5.41, 5.74) is 4.75. The van der Waals surface area contributed by atoms with Crippen LogP contribution in [0.25, 0.3) is 0 Å². The maximum Gasteiger partial charge on any atom is 0.417 e. The van der Waals surface area contributed by atoms with Crippen LogP contribution >= 0.6 is 0 Å². The van der Waals surface area contributed by atoms with Crippen LogP contribution in [-0.4, -0.2) is 4.98 Å². The van der Waals surface area contributed by atoms with E-state index in [9.17, 15) is 13.2 Å². The van der Waals surface area contributed by atoms with Crippen LogP contribution in [0.1, 0.15) is 11.1 Å². The summed E-state index contributed by atoms with van der Waals surface area (Å²) in [7, 11) is 0. The molecule has 0 atom stereocenters. The molecule has 0 aliphatic heterocycles. The van der Waals surface area contributed by atoms with Crippen LogP contribution in [0, 0.1) is 11.3 Å². The number of nitriles is 1. The second kappa shape index (κ2) is 5.09. The number of rotatable bonds is 2. The molecule has 0 fully saturated rings. The van der Waals surface area contributed by atoms with E-state index in [1.165, 1.54) is 18.3 Å². The number of hydrogen-bond donors (Lipinski definition) is 2. The molecule has 3 N–H and O–H groups in total. The van der Waals surface area contributed by atoms with Crippen molar-refractivity contribution in [2.45, 2.75) is 6.18 Å². The van der Waals surface area contributed by atoms with Crippen molar-refractivity contribution in [3.8, 4) is 6.07 Å². The van der Waals surface area contributed by atoms with E-state index in [0.717, 1.165) is 12.1 Å². The number of alkyl halides is 3. The number of nitrogens with zero attached hydrogens (tertiary/aromatic N) is 2. The third-order valence-corrected chi connectivity index (χ3v) is 2.56. The fraction of sp³-hybridized carbons (Fsp3) is 0.0769. The highest BCUT2D eigenvalue weighted by Gasteiger charge is 2.33. The molecule has 20 heavy (non-hydrogen) atoms. The van der Waals surface area contributed by atoms with E-state index < -0.39 is 17.3 Å². The van der Waals surface area contributed by atoms with Gasteiger partial charge >= 0.3 is 6.18 Å². The molecule has 0 unspecified atom stereocenters. The fourth-order valence-corrected chi connectivity index (χ4v) is 1.63. The molecule has 0 saturated carbocycles. The van der Waals surface area contributed by atoms with Gasteiger partial charge in [-0.05, 0) is 30.3 Å². The van der Waals surface area contributed by atoms with Crippen molar-refractivity contribution in [1.29, 1.82) is 5.26 Å². The van der Waals surface area contributed by atoms with Crippen LogP contribution in [0.3, 0.4) is 0 Å². The second-order valence-corrected chi connectivity index (χ2v) is 3.93. The maximum absolute atomic E-state index is 12.8. The summed E-state index contributed by atoms with van der Waals surface area (Å²) >= 11 is 0. The summed E-state index contributed by atoms with van der Waals surface area (Å²) < 4.78 is 38.5. The number of nitrogen functional groups attached to an aromatic ring is 1. The van der Waals surface area contributed by atoms with Gasteiger partial charge < -0.3 is 11.1 Å². The molecule has 0 spiro atoms. The third-order valence-electron chi connectivity index (χ3n) is 2.56. The standard InChI is InChI=1S/C13H9F3N4/c14-13(15,16)10-6-9(4-3-8(10)7-17)20-11-2-1-5-19-12(11)18/h1-6,20H,(H2,18,19). The summed E-state index contributed by atoms with van der Waals surface area (Å²) in [6, 6.07) is 8.07. The lowest BCUT2D eigenvalue weighted by Gasteiger charge is -2.13. The van der Waals surface area contributed by atoms with E-state index in [1.807, 2.05) is 0 Å². The van der Waals surface area contributed by atoms with Gasteiger partial charge in [-0.3, -0.25) is 0 Å². The quantitative estimate of drug-likeness (QED) is 0.883. The first-order valence-electron chi connectivity index (χ1n) is 5.50. The van der Waals surface area contributed by atoms with E-state index >= 15 is 0 Å². The van der Waals surface area contributed by atoms with E-state index in [1.54, 1.807) is 12.1 Å². The Morgan fingerprint density at radius 3 is 2.60 bits per heavy atom. The first kappa shape index (κ1) is 13.7. The zero-order valence-corrected chi connectivity index (χ0v) is 10.1. The molecule has 0 saturated heterocycles. The lowest BCUT2D eigenvalue weighted by Crippen LogP contribution is -2.08. The van der Waals surface area contributed by atoms with Crippen LogP contribution < -0.4 is 11.1 Å². The molecule has 0 radical (unpaired) electrons. The zero-order chi connectivity index (χ0) is 14.8. The lowest BCUT2D eigenvalue weighted by molar-refractivity contribution is -0.137. The number of aromatic nitrogens is 1. The van der Waals surface area contributed by atoms with Crippen molar-refractivity contribution < 1.29 is 13.2 Å². The summed E-state index contributed by atoms with van der Waals surface area (Å²) in [5, 5.41) is 11.4. The molecule has 102 valence electrons. The number of nitrogens with one attached hydrogen (secondary N) is 1. The topological polar surface area (TPSA) is 74.7 Å². The van der Waals surface area contributed by atoms with Crippen LogP contribution in [0.5, 0.6) is 0 Å². The normalized spacial score (nSPS) is 10.9. The molecule has 4 nitrogen and oxygen atoms in total. The molecule has 0 aliphatic rings. The number of benzene rings is 1. The fourth-order valence-electron chi connectivity index (χ4n) is 1.63. The zero-order valence-electron chi connectivity index (χ0n) is 10.1. The molecular weight excluding hydrogens is 269 g/mol. The largest absolute Gasteiger partial charge is 0.417 e. The van der Waals surface area contributed by atoms with Crippen molar-refractivity contribution in [2.24, 2.45) is 0 Å². The molecule has 0 aliphatic carbocycles. The Morgan fingerprint density at radius 2 is 2.00 bits per heavy atom. The minimum atomic E-state index is -4.59. The molecule has 0 bridgehead atoms. The molecule has 1 aromatic carbocycles. The average Bonchev–Trinajstić information content (AvgIpc) is 2.40. The Bertz CT molecular complexity index is 674. The van der Waals surface area contributed by atoms with Crippen molar-refractivity contribution in [1.82, 2.24) is 4.98 Å². The van der Waals surface area contributed by atoms with Crippen molar-refractivity contribution in [3.63, 3.8) is 0 Å². The highest BCUT2D eigenvalue weighted by molar-refractivity contribution is 5.70. The average molecular weight is 278 g/mol. The number of nitrogens with two attached hydrogens (primary N) is 1. The Balaban J connectivity index is 2.40. The summed E-state index contributed by atoms with van der Waals surface area (Å²) in [6.45, 7) is 0. The molecule has 0 amide bonds. The Labute approximate surface area is 112 Å². The van der Waals surface area contributed by atoms with E-state index in [0.29, 0.717) is 5.69 Å². The SMILES string of the molecule is N#Cc1ccc(Nc2cccnc2N)cc1C(F)(F)F. The second-order valence-electron chi connectivity index (χ2n) is 3.93. The van der Waals surface area contributed by atoms with Crippen molar-refractivity contribution in [3.05, 3.63) is 47.7 Å². The number of pyridine rings is 1. The van der Waals surface area contributed by atoms with E-state index in [2.05, 4.69) is 10.3 Å². The molecule has 2 rings (SSSR count). The van der Waals surface area contributed by atoms with Crippen LogP contribution in [0.2, 0.25) is 0 Å². The maximum atomic E-state index is 12.8. The number of anilines is 3. The van der Waals surface area contributed by atoms with Gasteiger partial charge in [0.15, 0.2) is 0 Å². The highest BCUT2D eigenvalue weighted by atomic mass is 19.4. The molecule has 2 aromatic rings. The molecule has 1 aromatic heterocycles. The first-order valence-corrected chi connectivity index (χ1v) is 5.50. The molecular formula is C13H9F3N4. The van der Waals surface area contributed by atoms with Gasteiger partial charge in [-0.15, -0.1) is 0 Å². The van der Waals surface area contributed by atoms with Crippen LogP contribution in [0.4, 0.5) is 30.4 Å². The first-order chi connectivity index (χ1) is 9.41. The summed E-state index contributed by atoms with van der Waals surface area (Å²) in [5.74, 6) is 0.172. The summed E-state index contributed by atoms with van der Waals surface area (Å²) in [4.78, 5) is 3.82. The Morgan fingerprint density at radius 1 is 1.25 bits per heavy atom. The summed E-state index contributed by atoms with van der Waals surface area (Å²) in [6.07, 6.45) is -3.12. The minimum absolute atomic E-state index is 0.172. The number of halogens is 3. The Hall–Kier alpha value is -2.75. The van der Waals surface area contributed by atoms with Gasteiger partial charge in [0.1, 0.15) is 5.82 Å². The van der Waals surface area contributed by atoms with Crippen LogP contribution in [-0.2, 0) is 6.18 Å². The smallest absolute Gasteiger partial charge is 0.382 e. The van der Waals surface area contributed by atoms with Gasteiger partial charge in [0.25, 0.3) is 0 Å². The highest BCUT2D eigenvalue weighted by Crippen LogP contribution is 2.34. The van der Waals surface area contributed by atoms with Gasteiger partial charge in [-0.1, -0.05) is 0 Å². The lowest BCUT2D eigenvalue weighted by atomic mass is 10.1. The van der Waals surface area contributed by atoms with E-state index in [-0.39, 0.29) is 11.5 Å². The molecule has 1 heterocycles. The van der Waals surface area contributed by atoms with Crippen LogP contribution in [0.15, 0.2) is 36.5 Å². The van der Waals surface area contributed by atoms with Gasteiger partial charge in [0, 0.05) is 11.9 Å². The van der Waals surface area contributed by atoms with Gasteiger partial charge in [-0.2, -0.15) is 18.4 Å². The van der Waals surface area contributed by atoms with Gasteiger partial charge in [0.05, 0.1) is 22.9 Å². The predicted octanol–water partition coefficient (Wildman–Crippen LogP) is 3.30. The minimum Gasteiger partial charge on any atom is -0.382 e. The Kier molecular flexibility index (Phi) is 3.48. The molecule has 7 heteroatoms. The number of hydrogen-bond acceptors (Lipinski definition) is 4. The van der Waals surface area contributed by atoms with E-state index in [4.69, 9.17) is 11.0 Å². The third kappa shape index (κ3) is 2.80. The van der Waals surface area contributed by atoms with Crippen molar-refractivity contribution >= 4 is 17.2 Å². The van der Waals surface area contributed by atoms with Crippen molar-refractivity contribution in [2.75, 3.05) is 11.1 Å². The van der Waals surface area contributed by atoms with Gasteiger partial charge in [-0.25, -0.2) is 4.98 Å². The predicted molar refractivity (Wildman–Crippen MR) is 68.1 cm³/mol.